The van der Waals surface area contributed by atoms with Crippen LogP contribution in [0.1, 0.15) is 271 Å². The smallest absolute Gasteiger partial charge is 0.306 e. The topological polar surface area (TPSA) is 78.9 Å². The van der Waals surface area contributed by atoms with Crippen LogP contribution in [0.3, 0.4) is 0 Å². The summed E-state index contributed by atoms with van der Waals surface area (Å²) < 4.78 is 16.7. The molecule has 0 aromatic heterocycles. The maximum Gasteiger partial charge on any atom is 0.306 e. The Balaban J connectivity index is 4.10. The van der Waals surface area contributed by atoms with E-state index >= 15 is 0 Å². The Kier molecular flexibility index (Phi) is 51.9. The molecule has 0 spiro atoms. The highest BCUT2D eigenvalue weighted by Crippen LogP contribution is 2.15. The van der Waals surface area contributed by atoms with E-state index in [0.29, 0.717) is 19.3 Å². The summed E-state index contributed by atoms with van der Waals surface area (Å²) in [5, 5.41) is 0. The second-order valence-electron chi connectivity index (χ2n) is 18.5. The van der Waals surface area contributed by atoms with Crippen LogP contribution in [-0.2, 0) is 28.6 Å². The highest BCUT2D eigenvalue weighted by atomic mass is 16.6. The number of allylic oxidation sites excluding steroid dienone is 12. The van der Waals surface area contributed by atoms with Crippen molar-refractivity contribution in [2.24, 2.45) is 0 Å². The van der Waals surface area contributed by atoms with Crippen molar-refractivity contribution in [1.29, 1.82) is 0 Å². The molecule has 0 aliphatic heterocycles. The number of carbonyl (C=O) groups excluding carboxylic acids is 3. The van der Waals surface area contributed by atoms with Crippen molar-refractivity contribution in [2.45, 2.75) is 277 Å². The minimum Gasteiger partial charge on any atom is -0.462 e. The second-order valence-corrected chi connectivity index (χ2v) is 18.5. The maximum atomic E-state index is 12.7. The van der Waals surface area contributed by atoms with Crippen molar-refractivity contribution >= 4 is 17.9 Å². The van der Waals surface area contributed by atoms with Crippen molar-refractivity contribution < 1.29 is 28.6 Å². The van der Waals surface area contributed by atoms with Crippen LogP contribution >= 0.6 is 0 Å². The highest BCUT2D eigenvalue weighted by Gasteiger charge is 2.19. The Labute approximate surface area is 408 Å². The fraction of sp³-hybridized carbons (Fsp3) is 0.750. The molecule has 0 heterocycles. The third-order valence-electron chi connectivity index (χ3n) is 11.9. The van der Waals surface area contributed by atoms with E-state index in [1.54, 1.807) is 0 Å². The first-order chi connectivity index (χ1) is 32.5. The van der Waals surface area contributed by atoms with Crippen LogP contribution in [0.4, 0.5) is 0 Å². The van der Waals surface area contributed by atoms with E-state index in [0.717, 1.165) is 83.5 Å². The molecule has 0 aliphatic rings. The molecule has 0 saturated heterocycles. The molecule has 0 aromatic rings. The van der Waals surface area contributed by atoms with Crippen LogP contribution in [0.2, 0.25) is 0 Å². The Morgan fingerprint density at radius 1 is 0.318 bits per heavy atom. The molecule has 1 unspecified atom stereocenters. The minimum atomic E-state index is -0.792. The molecule has 0 aromatic carbocycles. The monoisotopic (exact) mass is 921 g/mol. The molecular formula is C60H104O6. The van der Waals surface area contributed by atoms with Gasteiger partial charge in [-0.25, -0.2) is 0 Å². The van der Waals surface area contributed by atoms with E-state index in [9.17, 15) is 14.4 Å². The molecule has 0 aliphatic carbocycles. The quantitative estimate of drug-likeness (QED) is 0.0262. The van der Waals surface area contributed by atoms with Gasteiger partial charge in [-0.05, 0) is 89.9 Å². The average Bonchev–Trinajstić information content (AvgIpc) is 3.31. The van der Waals surface area contributed by atoms with E-state index < -0.39 is 6.10 Å². The Morgan fingerprint density at radius 3 is 0.955 bits per heavy atom. The summed E-state index contributed by atoms with van der Waals surface area (Å²) in [6.07, 6.45) is 69.4. The Hall–Kier alpha value is -3.15. The SMILES string of the molecule is CC/C=C\C/C=C\C/C=C\C/C=C\CCCCC(=O)OC(COC(=O)CCCCCCCC)COC(=O)CCCCCCCCCCCCCCCCC/C=C\C/C=C\CCCCCCC. The summed E-state index contributed by atoms with van der Waals surface area (Å²) >= 11 is 0. The van der Waals surface area contributed by atoms with Gasteiger partial charge in [0.25, 0.3) is 0 Å². The predicted molar refractivity (Wildman–Crippen MR) is 284 cm³/mol. The summed E-state index contributed by atoms with van der Waals surface area (Å²) in [4.78, 5) is 37.8. The number of rotatable bonds is 50. The van der Waals surface area contributed by atoms with Gasteiger partial charge >= 0.3 is 17.9 Å². The lowest BCUT2D eigenvalue weighted by atomic mass is 10.0. The molecule has 6 nitrogen and oxygen atoms in total. The van der Waals surface area contributed by atoms with Crippen molar-refractivity contribution in [1.82, 2.24) is 0 Å². The van der Waals surface area contributed by atoms with Crippen molar-refractivity contribution in [3.05, 3.63) is 72.9 Å². The van der Waals surface area contributed by atoms with Crippen LogP contribution < -0.4 is 0 Å². The molecule has 0 radical (unpaired) electrons. The molecule has 0 saturated carbocycles. The number of esters is 3. The average molecular weight is 921 g/mol. The van der Waals surface area contributed by atoms with Gasteiger partial charge in [0, 0.05) is 19.3 Å². The van der Waals surface area contributed by atoms with Crippen LogP contribution in [0, 0.1) is 0 Å². The number of carbonyl (C=O) groups is 3. The molecule has 0 amide bonds. The van der Waals surface area contributed by atoms with Gasteiger partial charge in [0.2, 0.25) is 0 Å². The molecule has 0 rings (SSSR count). The van der Waals surface area contributed by atoms with Gasteiger partial charge in [0.15, 0.2) is 6.10 Å². The van der Waals surface area contributed by atoms with Crippen LogP contribution in [0.25, 0.3) is 0 Å². The molecule has 0 N–H and O–H groups in total. The lowest BCUT2D eigenvalue weighted by Crippen LogP contribution is -2.30. The number of ether oxygens (including phenoxy) is 3. The zero-order chi connectivity index (χ0) is 47.9. The molecule has 66 heavy (non-hydrogen) atoms. The van der Waals surface area contributed by atoms with E-state index in [1.165, 1.54) is 141 Å². The highest BCUT2D eigenvalue weighted by molar-refractivity contribution is 5.71. The number of hydrogen-bond acceptors (Lipinski definition) is 6. The zero-order valence-electron chi connectivity index (χ0n) is 43.4. The summed E-state index contributed by atoms with van der Waals surface area (Å²) in [5.41, 5.74) is 0. The van der Waals surface area contributed by atoms with E-state index in [4.69, 9.17) is 14.2 Å². The van der Waals surface area contributed by atoms with Gasteiger partial charge in [-0.3, -0.25) is 14.4 Å². The summed E-state index contributed by atoms with van der Waals surface area (Å²) in [6, 6.07) is 0. The molecule has 6 heteroatoms. The van der Waals surface area contributed by atoms with Crippen molar-refractivity contribution in [3.8, 4) is 0 Å². The normalized spacial score (nSPS) is 12.6. The molecular weight excluding hydrogens is 817 g/mol. The van der Waals surface area contributed by atoms with Gasteiger partial charge in [0.05, 0.1) is 0 Å². The predicted octanol–water partition coefficient (Wildman–Crippen LogP) is 18.6. The maximum absolute atomic E-state index is 12.7. The minimum absolute atomic E-state index is 0.0908. The van der Waals surface area contributed by atoms with Crippen LogP contribution in [-0.4, -0.2) is 37.2 Å². The second kappa shape index (κ2) is 54.5. The van der Waals surface area contributed by atoms with E-state index in [1.807, 2.05) is 0 Å². The Bertz CT molecular complexity index is 1240. The molecule has 0 bridgehead atoms. The van der Waals surface area contributed by atoms with Crippen LogP contribution in [0.5, 0.6) is 0 Å². The van der Waals surface area contributed by atoms with E-state index in [2.05, 4.69) is 93.7 Å². The van der Waals surface area contributed by atoms with Crippen molar-refractivity contribution in [3.63, 3.8) is 0 Å². The van der Waals surface area contributed by atoms with Gasteiger partial charge in [-0.1, -0.05) is 235 Å². The third kappa shape index (κ3) is 51.8. The zero-order valence-corrected chi connectivity index (χ0v) is 43.4. The summed E-state index contributed by atoms with van der Waals surface area (Å²) in [7, 11) is 0. The van der Waals surface area contributed by atoms with Crippen molar-refractivity contribution in [2.75, 3.05) is 13.2 Å². The fourth-order valence-corrected chi connectivity index (χ4v) is 7.76. The lowest BCUT2D eigenvalue weighted by Gasteiger charge is -2.18. The first kappa shape index (κ1) is 62.8. The largest absolute Gasteiger partial charge is 0.462 e. The summed E-state index contributed by atoms with van der Waals surface area (Å²) in [6.45, 7) is 6.43. The van der Waals surface area contributed by atoms with Gasteiger partial charge < -0.3 is 14.2 Å². The summed E-state index contributed by atoms with van der Waals surface area (Å²) in [5.74, 6) is -0.939. The van der Waals surface area contributed by atoms with Gasteiger partial charge in [-0.15, -0.1) is 0 Å². The van der Waals surface area contributed by atoms with Crippen LogP contribution in [0.15, 0.2) is 72.9 Å². The first-order valence-electron chi connectivity index (χ1n) is 27.9. The Morgan fingerprint density at radius 2 is 0.591 bits per heavy atom. The molecule has 1 atom stereocenters. The standard InChI is InChI=1S/C60H104O6/c1-4-7-10-13-16-18-20-22-24-25-26-27-28-29-30-31-32-33-34-35-37-38-40-42-44-47-50-53-59(62)65-56-57(55-64-58(61)52-49-46-15-12-9-6-3)66-60(63)54-51-48-45-43-41-39-36-23-21-19-17-14-11-8-5-2/h8,11,17,19-20,22-23,25-26,36,41,43,57H,4-7,9-10,12-16,18,21,24,27-35,37-40,42,44-56H2,1-3H3/b11-8-,19-17-,22-20-,26-25-,36-23-,43-41-. The molecule has 0 fully saturated rings. The number of hydrogen-bond donors (Lipinski definition) is 0. The number of unbranched alkanes of at least 4 members (excludes halogenated alkanes) is 27. The fourth-order valence-electron chi connectivity index (χ4n) is 7.76. The molecule has 380 valence electrons. The third-order valence-corrected chi connectivity index (χ3v) is 11.9. The van der Waals surface area contributed by atoms with E-state index in [-0.39, 0.29) is 37.5 Å². The lowest BCUT2D eigenvalue weighted by molar-refractivity contribution is -0.167. The van der Waals surface area contributed by atoms with Gasteiger partial charge in [-0.2, -0.15) is 0 Å². The van der Waals surface area contributed by atoms with Gasteiger partial charge in [0.1, 0.15) is 13.2 Å². The first-order valence-corrected chi connectivity index (χ1v) is 27.9.